The second-order valence-corrected chi connectivity index (χ2v) is 6.01. The van der Waals surface area contributed by atoms with Gasteiger partial charge >= 0.3 is 0 Å². The van der Waals surface area contributed by atoms with E-state index < -0.39 is 0 Å². The van der Waals surface area contributed by atoms with E-state index in [0.717, 1.165) is 16.7 Å². The van der Waals surface area contributed by atoms with Gasteiger partial charge in [-0.25, -0.2) is 0 Å². The third-order valence-electron chi connectivity index (χ3n) is 4.06. The first-order valence-corrected chi connectivity index (χ1v) is 8.37. The predicted octanol–water partition coefficient (Wildman–Crippen LogP) is 3.70. The Morgan fingerprint density at radius 2 is 1.73 bits per heavy atom. The van der Waals surface area contributed by atoms with E-state index in [1.165, 1.54) is 6.26 Å². The highest BCUT2D eigenvalue weighted by Crippen LogP contribution is 2.12. The zero-order valence-corrected chi connectivity index (χ0v) is 14.5. The molecule has 0 aliphatic rings. The van der Waals surface area contributed by atoms with Crippen molar-refractivity contribution in [1.82, 2.24) is 5.32 Å². The lowest BCUT2D eigenvalue weighted by molar-refractivity contribution is -0.120. The third-order valence-corrected chi connectivity index (χ3v) is 4.06. The molecule has 3 rings (SSSR count). The average Bonchev–Trinajstić information content (AvgIpc) is 3.18. The van der Waals surface area contributed by atoms with Crippen molar-refractivity contribution in [3.8, 4) is 0 Å². The molecule has 5 heteroatoms. The van der Waals surface area contributed by atoms with Crippen molar-refractivity contribution < 1.29 is 14.0 Å². The Bertz CT molecular complexity index is 884. The summed E-state index contributed by atoms with van der Waals surface area (Å²) in [6.45, 7) is 2.44. The van der Waals surface area contributed by atoms with E-state index in [1.54, 1.807) is 24.3 Å². The summed E-state index contributed by atoms with van der Waals surface area (Å²) in [7, 11) is 0. The highest BCUT2D eigenvalue weighted by Gasteiger charge is 2.09. The van der Waals surface area contributed by atoms with Crippen LogP contribution in [0.4, 0.5) is 5.69 Å². The number of furan rings is 1. The maximum absolute atomic E-state index is 12.1. The molecule has 0 atom stereocenters. The lowest BCUT2D eigenvalue weighted by atomic mass is 10.1. The Kier molecular flexibility index (Phi) is 5.49. The van der Waals surface area contributed by atoms with Crippen LogP contribution in [0.5, 0.6) is 0 Å². The number of anilines is 1. The molecule has 0 fully saturated rings. The Morgan fingerprint density at radius 1 is 0.962 bits per heavy atom. The molecule has 0 saturated heterocycles. The lowest BCUT2D eigenvalue weighted by Crippen LogP contribution is -2.24. The van der Waals surface area contributed by atoms with Gasteiger partial charge in [-0.05, 0) is 47.9 Å². The number of hydrogen-bond donors (Lipinski definition) is 2. The maximum Gasteiger partial charge on any atom is 0.291 e. The van der Waals surface area contributed by atoms with E-state index in [0.29, 0.717) is 18.7 Å². The van der Waals surface area contributed by atoms with Crippen LogP contribution in [0.15, 0.2) is 71.3 Å². The van der Waals surface area contributed by atoms with Crippen LogP contribution in [0, 0.1) is 6.92 Å². The first kappa shape index (κ1) is 17.5. The van der Waals surface area contributed by atoms with Crippen LogP contribution in [0.1, 0.15) is 27.2 Å². The van der Waals surface area contributed by atoms with Crippen LogP contribution in [-0.4, -0.2) is 11.8 Å². The summed E-state index contributed by atoms with van der Waals surface area (Å²) < 4.78 is 5.05. The molecule has 132 valence electrons. The van der Waals surface area contributed by atoms with Gasteiger partial charge in [-0.3, -0.25) is 9.59 Å². The molecule has 26 heavy (non-hydrogen) atoms. The van der Waals surface area contributed by atoms with Crippen molar-refractivity contribution in [2.24, 2.45) is 0 Å². The number of carbonyl (C=O) groups excluding carboxylic acids is 2. The number of benzene rings is 2. The molecule has 0 aliphatic heterocycles. The Hall–Kier alpha value is -3.34. The molecule has 3 aromatic rings. The number of carbonyl (C=O) groups is 2. The van der Waals surface area contributed by atoms with E-state index in [1.807, 2.05) is 43.3 Å². The van der Waals surface area contributed by atoms with Gasteiger partial charge in [-0.1, -0.05) is 36.4 Å². The number of hydrogen-bond acceptors (Lipinski definition) is 3. The van der Waals surface area contributed by atoms with Crippen molar-refractivity contribution in [3.05, 3.63) is 89.4 Å². The normalized spacial score (nSPS) is 10.3. The van der Waals surface area contributed by atoms with Gasteiger partial charge in [0.05, 0.1) is 12.7 Å². The summed E-state index contributed by atoms with van der Waals surface area (Å²) in [6.07, 6.45) is 1.82. The van der Waals surface area contributed by atoms with Crippen LogP contribution in [0.2, 0.25) is 0 Å². The summed E-state index contributed by atoms with van der Waals surface area (Å²) in [5, 5.41) is 5.67. The highest BCUT2D eigenvalue weighted by atomic mass is 16.3. The van der Waals surface area contributed by atoms with E-state index in [4.69, 9.17) is 4.42 Å². The topological polar surface area (TPSA) is 71.3 Å². The van der Waals surface area contributed by atoms with Gasteiger partial charge in [0.1, 0.15) is 0 Å². The maximum atomic E-state index is 12.1. The van der Waals surface area contributed by atoms with Crippen molar-refractivity contribution in [1.29, 1.82) is 0 Å². The minimum atomic E-state index is -0.297. The highest BCUT2D eigenvalue weighted by molar-refractivity contribution is 6.02. The van der Waals surface area contributed by atoms with Gasteiger partial charge in [-0.2, -0.15) is 0 Å². The van der Waals surface area contributed by atoms with Gasteiger partial charge in [0, 0.05) is 12.2 Å². The molecular weight excluding hydrogens is 328 g/mol. The molecule has 1 aromatic heterocycles. The van der Waals surface area contributed by atoms with Gasteiger partial charge in [0.25, 0.3) is 5.91 Å². The van der Waals surface area contributed by atoms with Crippen molar-refractivity contribution in [3.63, 3.8) is 0 Å². The first-order chi connectivity index (χ1) is 12.6. The molecule has 0 spiro atoms. The van der Waals surface area contributed by atoms with Crippen LogP contribution >= 0.6 is 0 Å². The fourth-order valence-electron chi connectivity index (χ4n) is 2.55. The predicted molar refractivity (Wildman–Crippen MR) is 99.8 cm³/mol. The number of amides is 2. The fourth-order valence-corrected chi connectivity index (χ4v) is 2.55. The molecule has 0 aliphatic carbocycles. The zero-order chi connectivity index (χ0) is 18.4. The molecule has 0 radical (unpaired) electrons. The summed E-state index contributed by atoms with van der Waals surface area (Å²) in [5.74, 6) is -0.0543. The molecule has 2 N–H and O–H groups in total. The molecule has 0 bridgehead atoms. The molecule has 0 unspecified atom stereocenters. The Morgan fingerprint density at radius 3 is 2.42 bits per heavy atom. The van der Waals surface area contributed by atoms with Gasteiger partial charge in [0.15, 0.2) is 5.76 Å². The van der Waals surface area contributed by atoms with Crippen LogP contribution < -0.4 is 10.6 Å². The number of nitrogens with one attached hydrogen (secondary N) is 2. The standard InChI is InChI=1S/C21H20N2O3/c1-15-5-2-3-6-17(15)13-20(24)22-14-16-8-10-18(11-9-16)23-21(25)19-7-4-12-26-19/h2-12H,13-14H2,1H3,(H,22,24)(H,23,25). The summed E-state index contributed by atoms with van der Waals surface area (Å²) in [6, 6.07) is 18.5. The SMILES string of the molecule is Cc1ccccc1CC(=O)NCc1ccc(NC(=O)c2ccco2)cc1. The van der Waals surface area contributed by atoms with Crippen LogP contribution in [0.3, 0.4) is 0 Å². The van der Waals surface area contributed by atoms with Crippen molar-refractivity contribution >= 4 is 17.5 Å². The van der Waals surface area contributed by atoms with E-state index in [-0.39, 0.29) is 17.6 Å². The van der Waals surface area contributed by atoms with Gasteiger partial charge < -0.3 is 15.1 Å². The molecule has 2 amide bonds. The van der Waals surface area contributed by atoms with Crippen molar-refractivity contribution in [2.75, 3.05) is 5.32 Å². The second-order valence-electron chi connectivity index (χ2n) is 6.01. The summed E-state index contributed by atoms with van der Waals surface area (Å²) >= 11 is 0. The number of aryl methyl sites for hydroxylation is 1. The van der Waals surface area contributed by atoms with Crippen molar-refractivity contribution in [2.45, 2.75) is 19.9 Å². The van der Waals surface area contributed by atoms with Gasteiger partial charge in [0.2, 0.25) is 5.91 Å². The molecule has 0 saturated carbocycles. The third kappa shape index (κ3) is 4.60. The van der Waals surface area contributed by atoms with Crippen LogP contribution in [0.25, 0.3) is 0 Å². The fraction of sp³-hybridized carbons (Fsp3) is 0.143. The zero-order valence-electron chi connectivity index (χ0n) is 14.5. The monoisotopic (exact) mass is 348 g/mol. The van der Waals surface area contributed by atoms with Crippen LogP contribution in [-0.2, 0) is 17.8 Å². The summed E-state index contributed by atoms with van der Waals surface area (Å²) in [5.41, 5.74) is 3.76. The first-order valence-electron chi connectivity index (χ1n) is 8.37. The lowest BCUT2D eigenvalue weighted by Gasteiger charge is -2.08. The Balaban J connectivity index is 1.50. The van der Waals surface area contributed by atoms with E-state index >= 15 is 0 Å². The second kappa shape index (κ2) is 8.16. The quantitative estimate of drug-likeness (QED) is 0.713. The number of rotatable bonds is 6. The molecule has 2 aromatic carbocycles. The van der Waals surface area contributed by atoms with E-state index in [9.17, 15) is 9.59 Å². The minimum Gasteiger partial charge on any atom is -0.459 e. The minimum absolute atomic E-state index is 0.0190. The average molecular weight is 348 g/mol. The molecule has 1 heterocycles. The largest absolute Gasteiger partial charge is 0.459 e. The van der Waals surface area contributed by atoms with E-state index in [2.05, 4.69) is 10.6 Å². The smallest absolute Gasteiger partial charge is 0.291 e. The van der Waals surface area contributed by atoms with Gasteiger partial charge in [-0.15, -0.1) is 0 Å². The molecular formula is C21H20N2O3. The Labute approximate surface area is 152 Å². The molecule has 5 nitrogen and oxygen atoms in total. The summed E-state index contributed by atoms with van der Waals surface area (Å²) in [4.78, 5) is 24.0.